The fourth-order valence-electron chi connectivity index (χ4n) is 3.11. The highest BCUT2D eigenvalue weighted by Gasteiger charge is 2.23. The van der Waals surface area contributed by atoms with Crippen LogP contribution in [0, 0.1) is 11.7 Å². The van der Waals surface area contributed by atoms with Gasteiger partial charge < -0.3 is 10.2 Å². The van der Waals surface area contributed by atoms with E-state index in [4.69, 9.17) is 0 Å². The van der Waals surface area contributed by atoms with Crippen molar-refractivity contribution in [1.29, 1.82) is 0 Å². The number of carbonyl (C=O) groups is 2. The molecule has 0 aliphatic carbocycles. The maximum absolute atomic E-state index is 12.9. The molecule has 1 aliphatic heterocycles. The Bertz CT molecular complexity index is 741. The molecule has 1 aliphatic rings. The number of hydrogen-bond acceptors (Lipinski definition) is 3. The minimum atomic E-state index is -0.296. The highest BCUT2D eigenvalue weighted by atomic mass is 19.1. The molecule has 0 unspecified atom stereocenters. The summed E-state index contributed by atoms with van der Waals surface area (Å²) in [7, 11) is 0. The van der Waals surface area contributed by atoms with Gasteiger partial charge in [-0.3, -0.25) is 14.6 Å². The van der Waals surface area contributed by atoms with E-state index in [1.807, 2.05) is 4.90 Å². The van der Waals surface area contributed by atoms with Crippen molar-refractivity contribution in [3.63, 3.8) is 0 Å². The van der Waals surface area contributed by atoms with Gasteiger partial charge in [0, 0.05) is 32.0 Å². The second kappa shape index (κ2) is 8.56. The van der Waals surface area contributed by atoms with Crippen molar-refractivity contribution >= 4 is 11.8 Å². The third kappa shape index (κ3) is 4.88. The Kier molecular flexibility index (Phi) is 5.94. The molecular weight excluding hydrogens is 333 g/mol. The second-order valence-corrected chi connectivity index (χ2v) is 6.58. The standard InChI is InChI=1S/C20H22FN3O2/c21-18-5-3-15(4-6-18)12-19(25)24-10-7-16(8-11-24)13-23-20(26)17-2-1-9-22-14-17/h1-6,9,14,16H,7-8,10-13H2,(H,23,26). The monoisotopic (exact) mass is 355 g/mol. The van der Waals surface area contributed by atoms with Gasteiger partial charge in [-0.15, -0.1) is 0 Å². The van der Waals surface area contributed by atoms with Crippen LogP contribution in [-0.2, 0) is 11.2 Å². The Morgan fingerprint density at radius 2 is 1.88 bits per heavy atom. The summed E-state index contributed by atoms with van der Waals surface area (Å²) in [6.07, 6.45) is 5.20. The number of carbonyl (C=O) groups excluding carboxylic acids is 2. The Labute approximate surface area is 152 Å². The normalized spacial score (nSPS) is 14.9. The molecule has 0 bridgehead atoms. The first-order chi connectivity index (χ1) is 12.6. The zero-order valence-electron chi connectivity index (χ0n) is 14.5. The number of benzene rings is 1. The molecule has 1 aromatic heterocycles. The predicted octanol–water partition coefficient (Wildman–Crippen LogP) is 2.43. The number of likely N-dealkylation sites (tertiary alicyclic amines) is 1. The maximum Gasteiger partial charge on any atom is 0.252 e. The fourth-order valence-corrected chi connectivity index (χ4v) is 3.11. The van der Waals surface area contributed by atoms with Gasteiger partial charge in [-0.2, -0.15) is 0 Å². The second-order valence-electron chi connectivity index (χ2n) is 6.58. The first-order valence-corrected chi connectivity index (χ1v) is 8.82. The summed E-state index contributed by atoms with van der Waals surface area (Å²) >= 11 is 0. The van der Waals surface area contributed by atoms with Crippen molar-refractivity contribution < 1.29 is 14.0 Å². The topological polar surface area (TPSA) is 62.3 Å². The van der Waals surface area contributed by atoms with E-state index in [1.165, 1.54) is 12.1 Å². The van der Waals surface area contributed by atoms with Crippen LogP contribution in [0.4, 0.5) is 4.39 Å². The van der Waals surface area contributed by atoms with Gasteiger partial charge in [0.1, 0.15) is 5.82 Å². The minimum Gasteiger partial charge on any atom is -0.352 e. The van der Waals surface area contributed by atoms with Crippen LogP contribution in [0.1, 0.15) is 28.8 Å². The number of amides is 2. The van der Waals surface area contributed by atoms with Crippen molar-refractivity contribution in [3.8, 4) is 0 Å². The van der Waals surface area contributed by atoms with Crippen LogP contribution in [-0.4, -0.2) is 41.3 Å². The predicted molar refractivity (Wildman–Crippen MR) is 96.0 cm³/mol. The minimum absolute atomic E-state index is 0.0643. The van der Waals surface area contributed by atoms with E-state index in [9.17, 15) is 14.0 Å². The quantitative estimate of drug-likeness (QED) is 0.896. The number of nitrogens with one attached hydrogen (secondary N) is 1. The van der Waals surface area contributed by atoms with E-state index in [0.717, 1.165) is 18.4 Å². The van der Waals surface area contributed by atoms with Gasteiger partial charge in [-0.05, 0) is 48.6 Å². The number of rotatable bonds is 5. The molecular formula is C20H22FN3O2. The summed E-state index contributed by atoms with van der Waals surface area (Å²) < 4.78 is 12.9. The van der Waals surface area contributed by atoms with Crippen molar-refractivity contribution in [1.82, 2.24) is 15.2 Å². The van der Waals surface area contributed by atoms with Gasteiger partial charge in [-0.1, -0.05) is 12.1 Å². The highest BCUT2D eigenvalue weighted by Crippen LogP contribution is 2.18. The molecule has 5 nitrogen and oxygen atoms in total. The van der Waals surface area contributed by atoms with Crippen LogP contribution in [0.2, 0.25) is 0 Å². The Morgan fingerprint density at radius 1 is 1.15 bits per heavy atom. The maximum atomic E-state index is 12.9. The molecule has 1 fully saturated rings. The molecule has 0 radical (unpaired) electrons. The number of pyridine rings is 1. The summed E-state index contributed by atoms with van der Waals surface area (Å²) in [5, 5.41) is 2.94. The molecule has 0 spiro atoms. The first-order valence-electron chi connectivity index (χ1n) is 8.82. The number of nitrogens with zero attached hydrogens (tertiary/aromatic N) is 2. The first kappa shape index (κ1) is 18.0. The lowest BCUT2D eigenvalue weighted by Gasteiger charge is -2.32. The van der Waals surface area contributed by atoms with E-state index < -0.39 is 0 Å². The number of hydrogen-bond donors (Lipinski definition) is 1. The number of piperidine rings is 1. The Morgan fingerprint density at radius 3 is 2.54 bits per heavy atom. The summed E-state index contributed by atoms with van der Waals surface area (Å²) in [5.74, 6) is 0.0169. The highest BCUT2D eigenvalue weighted by molar-refractivity contribution is 5.93. The number of aromatic nitrogens is 1. The van der Waals surface area contributed by atoms with Crippen molar-refractivity contribution in [3.05, 3.63) is 65.7 Å². The van der Waals surface area contributed by atoms with Crippen LogP contribution < -0.4 is 5.32 Å². The summed E-state index contributed by atoms with van der Waals surface area (Å²) in [6, 6.07) is 9.51. The van der Waals surface area contributed by atoms with Gasteiger partial charge in [0.25, 0.3) is 5.91 Å². The van der Waals surface area contributed by atoms with Crippen LogP contribution >= 0.6 is 0 Å². The van der Waals surface area contributed by atoms with Crippen molar-refractivity contribution in [2.75, 3.05) is 19.6 Å². The molecule has 26 heavy (non-hydrogen) atoms. The van der Waals surface area contributed by atoms with E-state index >= 15 is 0 Å². The zero-order valence-corrected chi connectivity index (χ0v) is 14.5. The smallest absolute Gasteiger partial charge is 0.252 e. The molecule has 2 aromatic rings. The SMILES string of the molecule is O=C(NCC1CCN(C(=O)Cc2ccc(F)cc2)CC1)c1cccnc1. The van der Waals surface area contributed by atoms with Gasteiger partial charge in [0.05, 0.1) is 12.0 Å². The zero-order chi connectivity index (χ0) is 18.4. The molecule has 2 amide bonds. The van der Waals surface area contributed by atoms with Gasteiger partial charge in [0.15, 0.2) is 0 Å². The van der Waals surface area contributed by atoms with E-state index in [-0.39, 0.29) is 17.6 Å². The van der Waals surface area contributed by atoms with Crippen molar-refractivity contribution in [2.24, 2.45) is 5.92 Å². The summed E-state index contributed by atoms with van der Waals surface area (Å²) in [6.45, 7) is 1.98. The fraction of sp³-hybridized carbons (Fsp3) is 0.350. The molecule has 6 heteroatoms. The Balaban J connectivity index is 1.41. The van der Waals surface area contributed by atoms with E-state index in [2.05, 4.69) is 10.3 Å². The van der Waals surface area contributed by atoms with Gasteiger partial charge in [-0.25, -0.2) is 4.39 Å². The third-order valence-corrected chi connectivity index (χ3v) is 4.71. The average molecular weight is 355 g/mol. The van der Waals surface area contributed by atoms with Crippen LogP contribution in [0.3, 0.4) is 0 Å². The average Bonchev–Trinajstić information content (AvgIpc) is 2.69. The molecule has 1 N–H and O–H groups in total. The summed E-state index contributed by atoms with van der Waals surface area (Å²) in [4.78, 5) is 30.2. The van der Waals surface area contributed by atoms with E-state index in [0.29, 0.717) is 37.5 Å². The molecule has 136 valence electrons. The van der Waals surface area contributed by atoms with Gasteiger partial charge >= 0.3 is 0 Å². The molecule has 3 rings (SSSR count). The number of halogens is 1. The van der Waals surface area contributed by atoms with Crippen LogP contribution in [0.5, 0.6) is 0 Å². The largest absolute Gasteiger partial charge is 0.352 e. The Hall–Kier alpha value is -2.76. The van der Waals surface area contributed by atoms with Crippen LogP contribution in [0.15, 0.2) is 48.8 Å². The third-order valence-electron chi connectivity index (χ3n) is 4.71. The van der Waals surface area contributed by atoms with Gasteiger partial charge in [0.2, 0.25) is 5.91 Å². The van der Waals surface area contributed by atoms with Crippen molar-refractivity contribution in [2.45, 2.75) is 19.3 Å². The molecule has 1 aromatic carbocycles. The molecule has 1 saturated heterocycles. The van der Waals surface area contributed by atoms with E-state index in [1.54, 1.807) is 36.7 Å². The summed E-state index contributed by atoms with van der Waals surface area (Å²) in [5.41, 5.74) is 1.38. The molecule has 0 atom stereocenters. The lowest BCUT2D eigenvalue weighted by atomic mass is 9.96. The lowest BCUT2D eigenvalue weighted by molar-refractivity contribution is -0.131. The van der Waals surface area contributed by atoms with Crippen LogP contribution in [0.25, 0.3) is 0 Å². The lowest BCUT2D eigenvalue weighted by Crippen LogP contribution is -2.42. The molecule has 2 heterocycles. The molecule has 0 saturated carbocycles.